The van der Waals surface area contributed by atoms with Crippen LogP contribution in [0, 0.1) is 0 Å². The summed E-state index contributed by atoms with van der Waals surface area (Å²) in [5.41, 5.74) is 0.606. The zero-order valence-electron chi connectivity index (χ0n) is 8.49. The summed E-state index contributed by atoms with van der Waals surface area (Å²) in [6.45, 7) is 0. The second-order valence-electron chi connectivity index (χ2n) is 3.35. The van der Waals surface area contributed by atoms with Gasteiger partial charge in [-0.3, -0.25) is 20.2 Å². The fraction of sp³-hybridized carbons (Fsp3) is 0. The van der Waals surface area contributed by atoms with Crippen LogP contribution in [0.25, 0.3) is 6.08 Å². The van der Waals surface area contributed by atoms with E-state index in [9.17, 15) is 14.4 Å². The maximum Gasteiger partial charge on any atom is 0.328 e. The lowest BCUT2D eigenvalue weighted by Gasteiger charge is -2.13. The number of amides is 4. The minimum atomic E-state index is -0.798. The van der Waals surface area contributed by atoms with Gasteiger partial charge in [0.2, 0.25) is 0 Å². The highest BCUT2D eigenvalue weighted by Gasteiger charge is 2.27. The molecule has 1 heterocycles. The van der Waals surface area contributed by atoms with E-state index in [0.29, 0.717) is 5.56 Å². The number of benzene rings is 1. The van der Waals surface area contributed by atoms with Crippen LogP contribution in [0.4, 0.5) is 4.79 Å². The second-order valence-corrected chi connectivity index (χ2v) is 4.26. The first-order valence-electron chi connectivity index (χ1n) is 4.70. The fourth-order valence-corrected chi connectivity index (χ4v) is 1.60. The summed E-state index contributed by atoms with van der Waals surface area (Å²) in [5, 5.41) is 4.01. The van der Waals surface area contributed by atoms with Crippen LogP contribution in [0.2, 0.25) is 0 Å². The van der Waals surface area contributed by atoms with E-state index in [1.54, 1.807) is 24.3 Å². The van der Waals surface area contributed by atoms with Gasteiger partial charge in [0.25, 0.3) is 11.8 Å². The largest absolute Gasteiger partial charge is 0.328 e. The Morgan fingerprint density at radius 2 is 1.47 bits per heavy atom. The average molecular weight is 295 g/mol. The maximum atomic E-state index is 11.4. The minimum Gasteiger partial charge on any atom is -0.273 e. The fourth-order valence-electron chi connectivity index (χ4n) is 1.33. The first-order chi connectivity index (χ1) is 8.06. The van der Waals surface area contributed by atoms with Crippen molar-refractivity contribution in [2.24, 2.45) is 0 Å². The highest BCUT2D eigenvalue weighted by molar-refractivity contribution is 9.10. The molecule has 2 rings (SSSR count). The zero-order valence-corrected chi connectivity index (χ0v) is 10.1. The van der Waals surface area contributed by atoms with Gasteiger partial charge in [-0.1, -0.05) is 28.1 Å². The van der Waals surface area contributed by atoms with Crippen LogP contribution < -0.4 is 10.6 Å². The van der Waals surface area contributed by atoms with Gasteiger partial charge < -0.3 is 0 Å². The predicted octanol–water partition coefficient (Wildman–Crippen LogP) is 1.20. The van der Waals surface area contributed by atoms with Crippen LogP contribution in [0.5, 0.6) is 0 Å². The Bertz CT molecular complexity index is 512. The van der Waals surface area contributed by atoms with E-state index in [4.69, 9.17) is 0 Å². The molecular weight excluding hydrogens is 288 g/mol. The van der Waals surface area contributed by atoms with Crippen LogP contribution in [0.15, 0.2) is 34.3 Å². The number of imide groups is 2. The molecule has 1 aromatic carbocycles. The number of nitrogens with one attached hydrogen (secondary N) is 2. The lowest BCUT2D eigenvalue weighted by Crippen LogP contribution is -2.51. The standard InChI is InChI=1S/C11H7BrN2O3/c12-7-3-1-6(2-4-7)5-8-9(15)13-11(17)14-10(8)16/h1-5H,(H2,13,14,15,16,17). The van der Waals surface area contributed by atoms with E-state index < -0.39 is 17.8 Å². The molecule has 1 fully saturated rings. The predicted molar refractivity (Wildman–Crippen MR) is 63.8 cm³/mol. The summed E-state index contributed by atoms with van der Waals surface area (Å²) in [5.74, 6) is -1.39. The van der Waals surface area contributed by atoms with Gasteiger partial charge in [0.15, 0.2) is 0 Å². The van der Waals surface area contributed by atoms with E-state index in [0.717, 1.165) is 4.47 Å². The summed E-state index contributed by atoms with van der Waals surface area (Å²) < 4.78 is 0.896. The second kappa shape index (κ2) is 4.50. The third-order valence-corrected chi connectivity index (χ3v) is 2.65. The van der Waals surface area contributed by atoms with Gasteiger partial charge in [-0.2, -0.15) is 0 Å². The molecule has 86 valence electrons. The van der Waals surface area contributed by atoms with Crippen molar-refractivity contribution >= 4 is 39.9 Å². The smallest absolute Gasteiger partial charge is 0.273 e. The zero-order chi connectivity index (χ0) is 12.4. The van der Waals surface area contributed by atoms with Crippen molar-refractivity contribution < 1.29 is 14.4 Å². The van der Waals surface area contributed by atoms with Gasteiger partial charge in [-0.25, -0.2) is 4.79 Å². The topological polar surface area (TPSA) is 75.3 Å². The molecule has 0 aliphatic carbocycles. The molecule has 1 aliphatic heterocycles. The van der Waals surface area contributed by atoms with E-state index in [2.05, 4.69) is 15.9 Å². The summed E-state index contributed by atoms with van der Waals surface area (Å²) in [6, 6.07) is 6.27. The lowest BCUT2D eigenvalue weighted by molar-refractivity contribution is -0.123. The van der Waals surface area contributed by atoms with Gasteiger partial charge in [-0.05, 0) is 23.8 Å². The van der Waals surface area contributed by atoms with Crippen LogP contribution in [-0.4, -0.2) is 17.8 Å². The van der Waals surface area contributed by atoms with E-state index in [1.807, 2.05) is 10.6 Å². The molecule has 4 amide bonds. The third-order valence-electron chi connectivity index (χ3n) is 2.12. The van der Waals surface area contributed by atoms with Crippen molar-refractivity contribution in [1.29, 1.82) is 0 Å². The Kier molecular flexibility index (Phi) is 3.06. The molecular formula is C11H7BrN2O3. The number of hydrogen-bond acceptors (Lipinski definition) is 3. The van der Waals surface area contributed by atoms with E-state index >= 15 is 0 Å². The first-order valence-corrected chi connectivity index (χ1v) is 5.49. The molecule has 5 nitrogen and oxygen atoms in total. The van der Waals surface area contributed by atoms with Gasteiger partial charge in [0.1, 0.15) is 5.57 Å². The van der Waals surface area contributed by atoms with E-state index in [1.165, 1.54) is 6.08 Å². The molecule has 1 aliphatic rings. The molecule has 0 unspecified atom stereocenters. The Morgan fingerprint density at radius 1 is 0.941 bits per heavy atom. The molecule has 0 aromatic heterocycles. The average Bonchev–Trinajstić information content (AvgIpc) is 2.26. The summed E-state index contributed by atoms with van der Waals surface area (Å²) in [6.07, 6.45) is 1.42. The Hall–Kier alpha value is -1.95. The van der Waals surface area contributed by atoms with Gasteiger partial charge in [-0.15, -0.1) is 0 Å². The Morgan fingerprint density at radius 3 is 2.00 bits per heavy atom. The highest BCUT2D eigenvalue weighted by Crippen LogP contribution is 2.14. The summed E-state index contributed by atoms with van der Waals surface area (Å²) >= 11 is 3.28. The Balaban J connectivity index is 2.32. The van der Waals surface area contributed by atoms with Crippen molar-refractivity contribution in [2.75, 3.05) is 0 Å². The number of carbonyl (C=O) groups is 3. The highest BCUT2D eigenvalue weighted by atomic mass is 79.9. The number of carbonyl (C=O) groups excluding carboxylic acids is 3. The molecule has 17 heavy (non-hydrogen) atoms. The van der Waals surface area contributed by atoms with E-state index in [-0.39, 0.29) is 5.57 Å². The maximum absolute atomic E-state index is 11.4. The molecule has 6 heteroatoms. The normalized spacial score (nSPS) is 15.4. The number of rotatable bonds is 1. The van der Waals surface area contributed by atoms with Crippen LogP contribution in [0.1, 0.15) is 5.56 Å². The molecule has 0 saturated carbocycles. The summed E-state index contributed by atoms with van der Waals surface area (Å²) in [4.78, 5) is 33.7. The SMILES string of the molecule is O=C1NC(=O)C(=Cc2ccc(Br)cc2)C(=O)N1. The van der Waals surface area contributed by atoms with Gasteiger partial charge in [0, 0.05) is 4.47 Å². The van der Waals surface area contributed by atoms with Crippen molar-refractivity contribution in [3.8, 4) is 0 Å². The number of hydrogen-bond donors (Lipinski definition) is 2. The minimum absolute atomic E-state index is 0.0908. The van der Waals surface area contributed by atoms with Crippen molar-refractivity contribution in [3.05, 3.63) is 39.9 Å². The van der Waals surface area contributed by atoms with Crippen LogP contribution >= 0.6 is 15.9 Å². The molecule has 1 saturated heterocycles. The molecule has 1 aromatic rings. The monoisotopic (exact) mass is 294 g/mol. The summed E-state index contributed by atoms with van der Waals surface area (Å²) in [7, 11) is 0. The number of halogens is 1. The first kappa shape index (κ1) is 11.5. The molecule has 0 radical (unpaired) electrons. The van der Waals surface area contributed by atoms with Crippen molar-refractivity contribution in [1.82, 2.24) is 10.6 Å². The van der Waals surface area contributed by atoms with Crippen LogP contribution in [-0.2, 0) is 9.59 Å². The molecule has 2 N–H and O–H groups in total. The van der Waals surface area contributed by atoms with Crippen LogP contribution in [0.3, 0.4) is 0 Å². The molecule has 0 spiro atoms. The van der Waals surface area contributed by atoms with Crippen molar-refractivity contribution in [2.45, 2.75) is 0 Å². The lowest BCUT2D eigenvalue weighted by atomic mass is 10.1. The van der Waals surface area contributed by atoms with Gasteiger partial charge in [0.05, 0.1) is 0 Å². The Labute approximate surface area is 105 Å². The third kappa shape index (κ3) is 2.59. The van der Waals surface area contributed by atoms with Gasteiger partial charge >= 0.3 is 6.03 Å². The quantitative estimate of drug-likeness (QED) is 0.604. The molecule has 0 atom stereocenters. The number of barbiturate groups is 1. The molecule has 0 bridgehead atoms. The van der Waals surface area contributed by atoms with Crippen molar-refractivity contribution in [3.63, 3.8) is 0 Å². The number of urea groups is 1.